The quantitative estimate of drug-likeness (QED) is 0.136. The molecule has 0 spiro atoms. The highest BCUT2D eigenvalue weighted by atomic mass is 79.9. The van der Waals surface area contributed by atoms with Gasteiger partial charge in [-0.3, -0.25) is 9.36 Å². The van der Waals surface area contributed by atoms with Gasteiger partial charge in [0.25, 0.3) is 5.91 Å². The molecule has 0 unspecified atom stereocenters. The molecule has 0 fully saturated rings. The maximum absolute atomic E-state index is 12.4. The molecule has 36 heavy (non-hydrogen) atoms. The fourth-order valence-electron chi connectivity index (χ4n) is 3.13. The number of carbonyl (C=O) groups is 1. The van der Waals surface area contributed by atoms with Crippen LogP contribution >= 0.6 is 55.2 Å². The normalized spacial score (nSPS) is 11.1. The lowest BCUT2D eigenvalue weighted by Crippen LogP contribution is -2.20. The van der Waals surface area contributed by atoms with E-state index in [9.17, 15) is 9.90 Å². The molecule has 2 N–H and O–H groups in total. The van der Waals surface area contributed by atoms with E-state index in [1.54, 1.807) is 31.4 Å². The zero-order valence-electron chi connectivity index (χ0n) is 18.7. The summed E-state index contributed by atoms with van der Waals surface area (Å²) in [6.07, 6.45) is 1.37. The molecule has 184 valence electrons. The van der Waals surface area contributed by atoms with Crippen molar-refractivity contribution in [2.45, 2.75) is 5.16 Å². The number of methoxy groups -OCH3 is 1. The minimum atomic E-state index is -0.346. The van der Waals surface area contributed by atoms with E-state index in [0.717, 1.165) is 21.5 Å². The smallest absolute Gasteiger partial charge is 0.250 e. The topological polar surface area (TPSA) is 102 Å². The summed E-state index contributed by atoms with van der Waals surface area (Å²) < 4.78 is 8.37. The highest BCUT2D eigenvalue weighted by molar-refractivity contribution is 9.11. The Labute approximate surface area is 233 Å². The summed E-state index contributed by atoms with van der Waals surface area (Å²) in [6, 6.07) is 18.1. The minimum absolute atomic E-state index is 0.0210. The minimum Gasteiger partial charge on any atom is -0.506 e. The molecule has 1 heterocycles. The van der Waals surface area contributed by atoms with Crippen LogP contribution in [-0.2, 0) is 4.79 Å². The van der Waals surface area contributed by atoms with E-state index in [4.69, 9.17) is 16.3 Å². The molecule has 1 aromatic heterocycles. The van der Waals surface area contributed by atoms with Crippen molar-refractivity contribution in [3.05, 3.63) is 80.2 Å². The Hall–Kier alpha value is -2.86. The van der Waals surface area contributed by atoms with Gasteiger partial charge in [-0.05, 0) is 76.6 Å². The fourth-order valence-corrected chi connectivity index (χ4v) is 5.26. The summed E-state index contributed by atoms with van der Waals surface area (Å²) in [6.45, 7) is 0. The largest absolute Gasteiger partial charge is 0.506 e. The SMILES string of the molecule is COc1ccc(-c2nnc(SCC(=O)N/N=C/c3cc(Br)cc(Br)c3O)n2-c2ccc(Cl)cc2)cc1. The number of phenolic OH excluding ortho intramolecular Hbond substituents is 1. The first-order valence-electron chi connectivity index (χ1n) is 10.3. The van der Waals surface area contributed by atoms with Gasteiger partial charge in [0.15, 0.2) is 11.0 Å². The van der Waals surface area contributed by atoms with Crippen molar-refractivity contribution < 1.29 is 14.6 Å². The number of hydrazone groups is 1. The number of carbonyl (C=O) groups excluding carboxylic acids is 1. The summed E-state index contributed by atoms with van der Waals surface area (Å²) in [4.78, 5) is 12.4. The van der Waals surface area contributed by atoms with Gasteiger partial charge < -0.3 is 9.84 Å². The number of phenols is 1. The van der Waals surface area contributed by atoms with Crippen LogP contribution in [0.3, 0.4) is 0 Å². The molecule has 4 rings (SSSR count). The molecule has 0 aliphatic heterocycles. The average Bonchev–Trinajstić information content (AvgIpc) is 3.30. The Kier molecular flexibility index (Phi) is 8.68. The number of aromatic nitrogens is 3. The van der Waals surface area contributed by atoms with Crippen LogP contribution in [0.15, 0.2) is 79.9 Å². The van der Waals surface area contributed by atoms with Crippen molar-refractivity contribution in [1.29, 1.82) is 0 Å². The summed E-state index contributed by atoms with van der Waals surface area (Å²) >= 11 is 13.9. The first-order chi connectivity index (χ1) is 17.4. The van der Waals surface area contributed by atoms with Gasteiger partial charge in [0.2, 0.25) is 0 Å². The van der Waals surface area contributed by atoms with E-state index < -0.39 is 0 Å². The third-order valence-corrected chi connectivity index (χ3v) is 7.09. The Morgan fingerprint density at radius 2 is 1.89 bits per heavy atom. The number of rotatable bonds is 8. The van der Waals surface area contributed by atoms with E-state index >= 15 is 0 Å². The standard InChI is InChI=1S/C24H18Br2ClN5O3S/c1-35-19-8-2-14(3-9-19)23-30-31-24(32(23)18-6-4-17(27)5-7-18)36-13-21(33)29-28-12-15-10-16(25)11-20(26)22(15)34/h2-12,34H,13H2,1H3,(H,29,33)/b28-12+. The third kappa shape index (κ3) is 6.28. The van der Waals surface area contributed by atoms with Gasteiger partial charge >= 0.3 is 0 Å². The number of hydrogen-bond acceptors (Lipinski definition) is 7. The predicted octanol–water partition coefficient (Wildman–Crippen LogP) is 6.07. The van der Waals surface area contributed by atoms with Crippen molar-refractivity contribution in [3.63, 3.8) is 0 Å². The summed E-state index contributed by atoms with van der Waals surface area (Å²) in [5.74, 6) is 1.05. The molecule has 0 saturated heterocycles. The van der Waals surface area contributed by atoms with E-state index in [1.165, 1.54) is 18.0 Å². The fraction of sp³-hybridized carbons (Fsp3) is 0.0833. The van der Waals surface area contributed by atoms with E-state index in [-0.39, 0.29) is 17.4 Å². The number of halogens is 3. The Morgan fingerprint density at radius 1 is 1.17 bits per heavy atom. The van der Waals surface area contributed by atoms with Crippen LogP contribution < -0.4 is 10.2 Å². The second-order valence-corrected chi connectivity index (χ2v) is 10.4. The van der Waals surface area contributed by atoms with Crippen LogP contribution in [-0.4, -0.2) is 44.9 Å². The van der Waals surface area contributed by atoms with Crippen LogP contribution in [0.1, 0.15) is 5.56 Å². The van der Waals surface area contributed by atoms with Crippen molar-refractivity contribution >= 4 is 67.3 Å². The lowest BCUT2D eigenvalue weighted by atomic mass is 10.2. The number of amides is 1. The van der Waals surface area contributed by atoms with Crippen LogP contribution in [0.5, 0.6) is 11.5 Å². The van der Waals surface area contributed by atoms with Crippen molar-refractivity contribution in [2.75, 3.05) is 12.9 Å². The zero-order chi connectivity index (χ0) is 25.7. The molecule has 1 amide bonds. The number of nitrogens with zero attached hydrogens (tertiary/aromatic N) is 4. The average molecular weight is 652 g/mol. The summed E-state index contributed by atoms with van der Waals surface area (Å²) in [7, 11) is 1.61. The second-order valence-electron chi connectivity index (χ2n) is 7.25. The van der Waals surface area contributed by atoms with Gasteiger partial charge in [0.05, 0.1) is 23.5 Å². The summed E-state index contributed by atoms with van der Waals surface area (Å²) in [5.41, 5.74) is 4.54. The molecule has 3 aromatic carbocycles. The number of benzene rings is 3. The molecular formula is C24H18Br2ClN5O3S. The van der Waals surface area contributed by atoms with Gasteiger partial charge in [-0.1, -0.05) is 39.3 Å². The Morgan fingerprint density at radius 3 is 2.58 bits per heavy atom. The van der Waals surface area contributed by atoms with Gasteiger partial charge in [0, 0.05) is 26.3 Å². The van der Waals surface area contributed by atoms with Gasteiger partial charge in [-0.2, -0.15) is 5.10 Å². The van der Waals surface area contributed by atoms with Crippen molar-refractivity contribution in [2.24, 2.45) is 5.10 Å². The maximum atomic E-state index is 12.4. The number of nitrogens with one attached hydrogen (secondary N) is 1. The number of aromatic hydroxyl groups is 1. The zero-order valence-corrected chi connectivity index (χ0v) is 23.4. The lowest BCUT2D eigenvalue weighted by Gasteiger charge is -2.11. The molecule has 0 bridgehead atoms. The first-order valence-corrected chi connectivity index (χ1v) is 13.3. The monoisotopic (exact) mass is 649 g/mol. The van der Waals surface area contributed by atoms with E-state index in [1.807, 2.05) is 41.0 Å². The first kappa shape index (κ1) is 26.2. The Bertz CT molecular complexity index is 1410. The maximum Gasteiger partial charge on any atom is 0.250 e. The molecule has 4 aromatic rings. The third-order valence-electron chi connectivity index (χ3n) is 4.85. The number of hydrogen-bond donors (Lipinski definition) is 2. The molecular weight excluding hydrogens is 634 g/mol. The van der Waals surface area contributed by atoms with E-state index in [2.05, 4.69) is 52.6 Å². The van der Waals surface area contributed by atoms with Gasteiger partial charge in [-0.15, -0.1) is 10.2 Å². The van der Waals surface area contributed by atoms with Crippen molar-refractivity contribution in [1.82, 2.24) is 20.2 Å². The van der Waals surface area contributed by atoms with Crippen molar-refractivity contribution in [3.8, 4) is 28.6 Å². The van der Waals surface area contributed by atoms with Crippen LogP contribution in [0.4, 0.5) is 0 Å². The van der Waals surface area contributed by atoms with Gasteiger partial charge in [-0.25, -0.2) is 5.43 Å². The molecule has 0 radical (unpaired) electrons. The predicted molar refractivity (Wildman–Crippen MR) is 148 cm³/mol. The second kappa shape index (κ2) is 11.9. The van der Waals surface area contributed by atoms with Crippen LogP contribution in [0.25, 0.3) is 17.1 Å². The molecule has 12 heteroatoms. The lowest BCUT2D eigenvalue weighted by molar-refractivity contribution is -0.118. The van der Waals surface area contributed by atoms with E-state index in [0.29, 0.717) is 26.0 Å². The Balaban J connectivity index is 1.52. The number of thioether (sulfide) groups is 1. The highest BCUT2D eigenvalue weighted by Gasteiger charge is 2.17. The molecule has 0 saturated carbocycles. The van der Waals surface area contributed by atoms with Gasteiger partial charge in [0.1, 0.15) is 11.5 Å². The molecule has 8 nitrogen and oxygen atoms in total. The molecule has 0 aliphatic carbocycles. The summed E-state index contributed by atoms with van der Waals surface area (Å²) in [5, 5.41) is 23.9. The number of ether oxygens (including phenoxy) is 1. The molecule has 0 aliphatic rings. The van der Waals surface area contributed by atoms with Crippen LogP contribution in [0.2, 0.25) is 5.02 Å². The highest BCUT2D eigenvalue weighted by Crippen LogP contribution is 2.31. The van der Waals surface area contributed by atoms with Crippen LogP contribution in [0, 0.1) is 0 Å². The molecule has 0 atom stereocenters.